The van der Waals surface area contributed by atoms with Crippen molar-refractivity contribution in [2.24, 2.45) is 0 Å². The van der Waals surface area contributed by atoms with E-state index < -0.39 is 0 Å². The summed E-state index contributed by atoms with van der Waals surface area (Å²) >= 11 is 6.19. The van der Waals surface area contributed by atoms with E-state index in [9.17, 15) is 4.79 Å². The highest BCUT2D eigenvalue weighted by Gasteiger charge is 2.10. The second-order valence-corrected chi connectivity index (χ2v) is 6.32. The summed E-state index contributed by atoms with van der Waals surface area (Å²) in [6.07, 6.45) is 12.1. The summed E-state index contributed by atoms with van der Waals surface area (Å²) in [5, 5.41) is 0.624. The van der Waals surface area contributed by atoms with Crippen LogP contribution in [0.1, 0.15) is 87.1 Å². The van der Waals surface area contributed by atoms with Gasteiger partial charge in [-0.25, -0.2) is 0 Å². The lowest BCUT2D eigenvalue weighted by molar-refractivity contribution is 0.0979. The van der Waals surface area contributed by atoms with Crippen molar-refractivity contribution in [2.75, 3.05) is 0 Å². The summed E-state index contributed by atoms with van der Waals surface area (Å²) in [4.78, 5) is 12.1. The molecule has 0 heterocycles. The zero-order chi connectivity index (χ0) is 15.5. The van der Waals surface area contributed by atoms with Crippen molar-refractivity contribution < 1.29 is 4.79 Å². The number of Topliss-reactive ketones (excluding diaryl/α,β-unsaturated/α-hetero) is 1. The number of benzene rings is 1. The Hall–Kier alpha value is -0.820. The average molecular weight is 309 g/mol. The third-order valence-electron chi connectivity index (χ3n) is 4.00. The third kappa shape index (κ3) is 7.13. The molecule has 0 saturated carbocycles. The molecule has 1 aromatic rings. The third-order valence-corrected chi connectivity index (χ3v) is 4.50. The number of hydrogen-bond donors (Lipinski definition) is 0. The Morgan fingerprint density at radius 3 is 2.14 bits per heavy atom. The van der Waals surface area contributed by atoms with Crippen molar-refractivity contribution in [1.29, 1.82) is 0 Å². The molecule has 0 unspecified atom stereocenters. The fourth-order valence-corrected chi connectivity index (χ4v) is 2.83. The maximum absolute atomic E-state index is 12.1. The standard InChI is InChI=1S/C19H29ClO/c1-3-4-5-6-7-8-9-10-11-15-18(21)17-14-12-13-16(2)19(17)20/h12-14H,3-11,15H2,1-2H3. The minimum atomic E-state index is 0.187. The monoisotopic (exact) mass is 308 g/mol. The van der Waals surface area contributed by atoms with E-state index in [2.05, 4.69) is 6.92 Å². The Labute approximate surface area is 135 Å². The zero-order valence-corrected chi connectivity index (χ0v) is 14.3. The topological polar surface area (TPSA) is 17.1 Å². The van der Waals surface area contributed by atoms with Gasteiger partial charge in [-0.3, -0.25) is 4.79 Å². The molecule has 21 heavy (non-hydrogen) atoms. The van der Waals surface area contributed by atoms with Crippen LogP contribution in [0.4, 0.5) is 0 Å². The van der Waals surface area contributed by atoms with E-state index in [-0.39, 0.29) is 5.78 Å². The number of aryl methyl sites for hydroxylation is 1. The highest BCUT2D eigenvalue weighted by molar-refractivity contribution is 6.34. The van der Waals surface area contributed by atoms with Crippen LogP contribution in [0, 0.1) is 6.92 Å². The summed E-state index contributed by atoms with van der Waals surface area (Å²) < 4.78 is 0. The summed E-state index contributed by atoms with van der Waals surface area (Å²) in [6.45, 7) is 4.19. The van der Waals surface area contributed by atoms with Crippen LogP contribution in [0.25, 0.3) is 0 Å². The van der Waals surface area contributed by atoms with Crippen LogP contribution in [0.15, 0.2) is 18.2 Å². The molecule has 0 spiro atoms. The molecule has 0 fully saturated rings. The number of unbranched alkanes of at least 4 members (excludes halogenated alkanes) is 8. The first-order chi connectivity index (χ1) is 10.2. The van der Waals surface area contributed by atoms with Gasteiger partial charge in [-0.1, -0.05) is 82.0 Å². The molecule has 0 radical (unpaired) electrons. The van der Waals surface area contributed by atoms with Gasteiger partial charge in [0.25, 0.3) is 0 Å². The summed E-state index contributed by atoms with van der Waals surface area (Å²) in [6, 6.07) is 5.69. The second-order valence-electron chi connectivity index (χ2n) is 5.94. The highest BCUT2D eigenvalue weighted by Crippen LogP contribution is 2.22. The van der Waals surface area contributed by atoms with Gasteiger partial charge in [-0.15, -0.1) is 0 Å². The molecule has 0 bridgehead atoms. The maximum atomic E-state index is 12.1. The normalized spacial score (nSPS) is 10.8. The number of rotatable bonds is 11. The number of carbonyl (C=O) groups is 1. The lowest BCUT2D eigenvalue weighted by atomic mass is 10.0. The van der Waals surface area contributed by atoms with Crippen LogP contribution in [0.3, 0.4) is 0 Å². The van der Waals surface area contributed by atoms with Gasteiger partial charge in [0.2, 0.25) is 0 Å². The quantitative estimate of drug-likeness (QED) is 0.326. The fourth-order valence-electron chi connectivity index (χ4n) is 2.59. The Morgan fingerprint density at radius 1 is 0.952 bits per heavy atom. The predicted octanol–water partition coefficient (Wildman–Crippen LogP) is 6.75. The number of hydrogen-bond acceptors (Lipinski definition) is 1. The lowest BCUT2D eigenvalue weighted by Gasteiger charge is -2.06. The van der Waals surface area contributed by atoms with Crippen LogP contribution in [-0.2, 0) is 0 Å². The Morgan fingerprint density at radius 2 is 1.52 bits per heavy atom. The molecule has 0 aliphatic heterocycles. The van der Waals surface area contributed by atoms with Gasteiger partial charge in [-0.05, 0) is 25.0 Å². The molecule has 0 saturated heterocycles. The first-order valence-electron chi connectivity index (χ1n) is 8.45. The maximum Gasteiger partial charge on any atom is 0.164 e. The molecule has 1 aromatic carbocycles. The second kappa shape index (κ2) is 10.8. The number of carbonyl (C=O) groups excluding carboxylic acids is 1. The smallest absolute Gasteiger partial charge is 0.164 e. The number of halogens is 1. The van der Waals surface area contributed by atoms with E-state index in [0.29, 0.717) is 17.0 Å². The molecule has 118 valence electrons. The van der Waals surface area contributed by atoms with Crippen LogP contribution in [-0.4, -0.2) is 5.78 Å². The van der Waals surface area contributed by atoms with Crippen LogP contribution in [0.2, 0.25) is 5.02 Å². The fraction of sp³-hybridized carbons (Fsp3) is 0.632. The van der Waals surface area contributed by atoms with Gasteiger partial charge in [0, 0.05) is 12.0 Å². The Kier molecular flexibility index (Phi) is 9.41. The van der Waals surface area contributed by atoms with E-state index in [1.54, 1.807) is 0 Å². The van der Waals surface area contributed by atoms with Crippen molar-refractivity contribution in [2.45, 2.75) is 78.1 Å². The molecule has 0 aliphatic rings. The molecular formula is C19H29ClO. The van der Waals surface area contributed by atoms with Gasteiger partial charge in [-0.2, -0.15) is 0 Å². The van der Waals surface area contributed by atoms with Crippen LogP contribution < -0.4 is 0 Å². The van der Waals surface area contributed by atoms with Gasteiger partial charge < -0.3 is 0 Å². The number of ketones is 1. The Bertz CT molecular complexity index is 426. The minimum Gasteiger partial charge on any atom is -0.294 e. The molecule has 1 rings (SSSR count). The molecular weight excluding hydrogens is 280 g/mol. The molecule has 1 nitrogen and oxygen atoms in total. The molecule has 0 aliphatic carbocycles. The SMILES string of the molecule is CCCCCCCCCCCC(=O)c1cccc(C)c1Cl. The van der Waals surface area contributed by atoms with Crippen molar-refractivity contribution in [3.63, 3.8) is 0 Å². The molecule has 0 amide bonds. The van der Waals surface area contributed by atoms with Crippen molar-refractivity contribution in [1.82, 2.24) is 0 Å². The van der Waals surface area contributed by atoms with Gasteiger partial charge >= 0.3 is 0 Å². The van der Waals surface area contributed by atoms with Gasteiger partial charge in [0.05, 0.1) is 5.02 Å². The van der Waals surface area contributed by atoms with Gasteiger partial charge in [0.15, 0.2) is 5.78 Å². The highest BCUT2D eigenvalue weighted by atomic mass is 35.5. The van der Waals surface area contributed by atoms with Crippen molar-refractivity contribution in [3.05, 3.63) is 34.3 Å². The summed E-state index contributed by atoms with van der Waals surface area (Å²) in [7, 11) is 0. The molecule has 0 atom stereocenters. The van der Waals surface area contributed by atoms with E-state index >= 15 is 0 Å². The van der Waals surface area contributed by atoms with Gasteiger partial charge in [0.1, 0.15) is 0 Å². The van der Waals surface area contributed by atoms with Crippen molar-refractivity contribution in [3.8, 4) is 0 Å². The van der Waals surface area contributed by atoms with E-state index in [1.165, 1.54) is 44.9 Å². The van der Waals surface area contributed by atoms with E-state index in [0.717, 1.165) is 18.4 Å². The molecule has 0 aromatic heterocycles. The predicted molar refractivity (Wildman–Crippen MR) is 92.4 cm³/mol. The molecule has 0 N–H and O–H groups in total. The van der Waals surface area contributed by atoms with Crippen LogP contribution >= 0.6 is 11.6 Å². The average Bonchev–Trinajstić information content (AvgIpc) is 2.48. The zero-order valence-electron chi connectivity index (χ0n) is 13.6. The van der Waals surface area contributed by atoms with E-state index in [4.69, 9.17) is 11.6 Å². The largest absolute Gasteiger partial charge is 0.294 e. The van der Waals surface area contributed by atoms with Crippen molar-refractivity contribution >= 4 is 17.4 Å². The first kappa shape index (κ1) is 18.2. The minimum absolute atomic E-state index is 0.187. The first-order valence-corrected chi connectivity index (χ1v) is 8.83. The summed E-state index contributed by atoms with van der Waals surface area (Å²) in [5.41, 5.74) is 1.67. The summed E-state index contributed by atoms with van der Waals surface area (Å²) in [5.74, 6) is 0.187. The van der Waals surface area contributed by atoms with Crippen LogP contribution in [0.5, 0.6) is 0 Å². The van der Waals surface area contributed by atoms with E-state index in [1.807, 2.05) is 25.1 Å². The molecule has 2 heteroatoms. The lowest BCUT2D eigenvalue weighted by Crippen LogP contribution is -2.00. The Balaban J connectivity index is 2.13.